The molecule has 3 heteroatoms. The van der Waals surface area contributed by atoms with Crippen molar-refractivity contribution in [3.05, 3.63) is 89.1 Å². The van der Waals surface area contributed by atoms with Gasteiger partial charge in [0, 0.05) is 22.3 Å². The summed E-state index contributed by atoms with van der Waals surface area (Å²) in [7, 11) is 0. The Morgan fingerprint density at radius 3 is 2.62 bits per heavy atom. The molecule has 0 fully saturated rings. The van der Waals surface area contributed by atoms with Crippen molar-refractivity contribution in [2.24, 2.45) is 0 Å². The van der Waals surface area contributed by atoms with E-state index < -0.39 is 0 Å². The first-order chi connectivity index (χ1) is 12.7. The molecule has 126 valence electrons. The van der Waals surface area contributed by atoms with E-state index in [0.717, 1.165) is 28.7 Å². The molecule has 5 rings (SSSR count). The van der Waals surface area contributed by atoms with Crippen LogP contribution >= 0.6 is 0 Å². The van der Waals surface area contributed by atoms with E-state index in [1.54, 1.807) is 0 Å². The number of anilines is 1. The number of aryl methyl sites for hydroxylation is 1. The number of aromatic amines is 1. The lowest BCUT2D eigenvalue weighted by atomic mass is 10.1. The Hall–Kier alpha value is -3.33. The molecular weight excluding hydrogens is 320 g/mol. The maximum Gasteiger partial charge on any atom is 0.258 e. The lowest BCUT2D eigenvalue weighted by Crippen LogP contribution is -2.12. The number of carbonyl (C=O) groups excluding carboxylic acids is 1. The smallest absolute Gasteiger partial charge is 0.258 e. The van der Waals surface area contributed by atoms with Gasteiger partial charge in [-0.3, -0.25) is 4.79 Å². The summed E-state index contributed by atoms with van der Waals surface area (Å²) in [5.41, 5.74) is 8.60. The highest BCUT2D eigenvalue weighted by atomic mass is 16.1. The number of H-pyrrole nitrogens is 1. The Morgan fingerprint density at radius 1 is 0.923 bits per heavy atom. The fourth-order valence-corrected chi connectivity index (χ4v) is 3.99. The summed E-state index contributed by atoms with van der Waals surface area (Å²) < 4.78 is 0. The number of carbonyl (C=O) groups is 1. The molecule has 1 aliphatic rings. The first-order valence-corrected chi connectivity index (χ1v) is 8.80. The summed E-state index contributed by atoms with van der Waals surface area (Å²) in [6.07, 6.45) is 0.918. The molecule has 1 aliphatic carbocycles. The normalized spacial score (nSPS) is 12.0. The van der Waals surface area contributed by atoms with Crippen LogP contribution in [0.4, 0.5) is 5.69 Å². The molecule has 1 amide bonds. The third-order valence-electron chi connectivity index (χ3n) is 5.17. The van der Waals surface area contributed by atoms with E-state index in [4.69, 9.17) is 0 Å². The quantitative estimate of drug-likeness (QED) is 0.451. The summed E-state index contributed by atoms with van der Waals surface area (Å²) in [6, 6.07) is 22.6. The van der Waals surface area contributed by atoms with Crippen molar-refractivity contribution in [2.45, 2.75) is 13.3 Å². The zero-order valence-corrected chi connectivity index (χ0v) is 14.5. The summed E-state index contributed by atoms with van der Waals surface area (Å²) in [4.78, 5) is 16.2. The first-order valence-electron chi connectivity index (χ1n) is 8.80. The van der Waals surface area contributed by atoms with Crippen LogP contribution in [0.3, 0.4) is 0 Å². The Kier molecular flexibility index (Phi) is 3.22. The van der Waals surface area contributed by atoms with Gasteiger partial charge in [-0.15, -0.1) is 0 Å². The minimum atomic E-state index is -0.0737. The highest BCUT2D eigenvalue weighted by Gasteiger charge is 2.20. The van der Waals surface area contributed by atoms with E-state index in [2.05, 4.69) is 46.7 Å². The molecule has 0 saturated carbocycles. The minimum absolute atomic E-state index is 0.0737. The van der Waals surface area contributed by atoms with Gasteiger partial charge in [-0.2, -0.15) is 0 Å². The van der Waals surface area contributed by atoms with Crippen LogP contribution in [0.1, 0.15) is 27.2 Å². The maximum absolute atomic E-state index is 12.9. The lowest BCUT2D eigenvalue weighted by molar-refractivity contribution is 0.102. The summed E-state index contributed by atoms with van der Waals surface area (Å²) in [5, 5.41) is 4.03. The SMILES string of the molecule is Cc1[nH]c2ccccc2c1C(=O)Nc1ccc2c(c1)Cc1ccccc1-2. The molecule has 2 N–H and O–H groups in total. The van der Waals surface area contributed by atoms with Gasteiger partial charge < -0.3 is 10.3 Å². The summed E-state index contributed by atoms with van der Waals surface area (Å²) >= 11 is 0. The number of para-hydroxylation sites is 1. The average Bonchev–Trinajstić information content (AvgIpc) is 3.17. The van der Waals surface area contributed by atoms with E-state index in [-0.39, 0.29) is 5.91 Å². The Balaban J connectivity index is 1.48. The van der Waals surface area contributed by atoms with E-state index in [9.17, 15) is 4.79 Å². The van der Waals surface area contributed by atoms with Crippen LogP contribution in [0.25, 0.3) is 22.0 Å². The average molecular weight is 338 g/mol. The number of benzene rings is 3. The molecule has 0 atom stereocenters. The van der Waals surface area contributed by atoms with E-state index in [1.807, 2.05) is 37.3 Å². The van der Waals surface area contributed by atoms with E-state index >= 15 is 0 Å². The van der Waals surface area contributed by atoms with Gasteiger partial charge in [0.25, 0.3) is 5.91 Å². The highest BCUT2D eigenvalue weighted by molar-refractivity contribution is 6.14. The monoisotopic (exact) mass is 338 g/mol. The minimum Gasteiger partial charge on any atom is -0.358 e. The number of hydrogen-bond acceptors (Lipinski definition) is 1. The molecular formula is C23H18N2O. The molecule has 0 saturated heterocycles. The number of hydrogen-bond donors (Lipinski definition) is 2. The largest absolute Gasteiger partial charge is 0.358 e. The van der Waals surface area contributed by atoms with Crippen molar-refractivity contribution >= 4 is 22.5 Å². The van der Waals surface area contributed by atoms with Crippen LogP contribution in [0, 0.1) is 6.92 Å². The van der Waals surface area contributed by atoms with E-state index in [0.29, 0.717) is 5.56 Å². The van der Waals surface area contributed by atoms with Gasteiger partial charge in [-0.05, 0) is 53.8 Å². The number of aromatic nitrogens is 1. The van der Waals surface area contributed by atoms with Crippen LogP contribution in [-0.2, 0) is 6.42 Å². The van der Waals surface area contributed by atoms with Crippen molar-refractivity contribution < 1.29 is 4.79 Å². The third kappa shape index (κ3) is 2.25. The van der Waals surface area contributed by atoms with Crippen molar-refractivity contribution in [1.82, 2.24) is 4.98 Å². The molecule has 0 unspecified atom stereocenters. The lowest BCUT2D eigenvalue weighted by Gasteiger charge is -2.08. The zero-order chi connectivity index (χ0) is 17.7. The summed E-state index contributed by atoms with van der Waals surface area (Å²) in [5.74, 6) is -0.0737. The molecule has 0 aliphatic heterocycles. The number of fused-ring (bicyclic) bond motifs is 4. The van der Waals surface area contributed by atoms with Crippen LogP contribution in [0.15, 0.2) is 66.7 Å². The highest BCUT2D eigenvalue weighted by Crippen LogP contribution is 2.37. The van der Waals surface area contributed by atoms with Gasteiger partial charge >= 0.3 is 0 Å². The van der Waals surface area contributed by atoms with Crippen LogP contribution < -0.4 is 5.32 Å². The Bertz CT molecular complexity index is 1170. The standard InChI is InChI=1S/C23H18N2O/c1-14-22(20-8-4-5-9-21(20)24-14)23(26)25-17-10-11-19-16(13-17)12-15-6-2-3-7-18(15)19/h2-11,13,24H,12H2,1H3,(H,25,26). The topological polar surface area (TPSA) is 44.9 Å². The van der Waals surface area contributed by atoms with Gasteiger partial charge in [-0.25, -0.2) is 0 Å². The third-order valence-corrected chi connectivity index (χ3v) is 5.17. The molecule has 3 aromatic carbocycles. The van der Waals surface area contributed by atoms with Gasteiger partial charge in [0.1, 0.15) is 0 Å². The second-order valence-corrected chi connectivity index (χ2v) is 6.83. The first kappa shape index (κ1) is 15.0. The summed E-state index contributed by atoms with van der Waals surface area (Å²) in [6.45, 7) is 1.94. The van der Waals surface area contributed by atoms with Crippen molar-refractivity contribution in [3.8, 4) is 11.1 Å². The van der Waals surface area contributed by atoms with Gasteiger partial charge in [0.05, 0.1) is 5.56 Å². The molecule has 1 aromatic heterocycles. The Morgan fingerprint density at radius 2 is 1.69 bits per heavy atom. The number of amides is 1. The van der Waals surface area contributed by atoms with Crippen molar-refractivity contribution in [1.29, 1.82) is 0 Å². The van der Waals surface area contributed by atoms with Gasteiger partial charge in [0.2, 0.25) is 0 Å². The van der Waals surface area contributed by atoms with Crippen molar-refractivity contribution in [2.75, 3.05) is 5.32 Å². The molecule has 26 heavy (non-hydrogen) atoms. The molecule has 0 spiro atoms. The molecule has 3 nitrogen and oxygen atoms in total. The number of nitrogens with one attached hydrogen (secondary N) is 2. The molecule has 0 radical (unpaired) electrons. The fraction of sp³-hybridized carbons (Fsp3) is 0.0870. The molecule has 4 aromatic rings. The van der Waals surface area contributed by atoms with Crippen molar-refractivity contribution in [3.63, 3.8) is 0 Å². The van der Waals surface area contributed by atoms with Crippen LogP contribution in [-0.4, -0.2) is 10.9 Å². The maximum atomic E-state index is 12.9. The fourth-order valence-electron chi connectivity index (χ4n) is 3.99. The zero-order valence-electron chi connectivity index (χ0n) is 14.5. The van der Waals surface area contributed by atoms with Crippen LogP contribution in [0.2, 0.25) is 0 Å². The van der Waals surface area contributed by atoms with Gasteiger partial charge in [-0.1, -0.05) is 48.5 Å². The molecule has 1 heterocycles. The second kappa shape index (κ2) is 5.60. The molecule has 0 bridgehead atoms. The predicted molar refractivity (Wildman–Crippen MR) is 106 cm³/mol. The second-order valence-electron chi connectivity index (χ2n) is 6.83. The van der Waals surface area contributed by atoms with E-state index in [1.165, 1.54) is 22.3 Å². The van der Waals surface area contributed by atoms with Crippen LogP contribution in [0.5, 0.6) is 0 Å². The number of rotatable bonds is 2. The Labute approximate surface area is 151 Å². The predicted octanol–water partition coefficient (Wildman–Crippen LogP) is 5.30. The van der Waals surface area contributed by atoms with Gasteiger partial charge in [0.15, 0.2) is 0 Å².